The topological polar surface area (TPSA) is 120 Å². The van der Waals surface area contributed by atoms with E-state index in [1.54, 1.807) is 11.0 Å². The molecular weight excluding hydrogens is 717 g/mol. The summed E-state index contributed by atoms with van der Waals surface area (Å²) in [6, 6.07) is 28.4. The van der Waals surface area contributed by atoms with Crippen LogP contribution in [0.1, 0.15) is 32.3 Å². The van der Waals surface area contributed by atoms with Gasteiger partial charge in [0.15, 0.2) is 0 Å². The number of anilines is 3. The summed E-state index contributed by atoms with van der Waals surface area (Å²) in [6.45, 7) is 8.37. The molecule has 2 fully saturated rings. The van der Waals surface area contributed by atoms with Gasteiger partial charge in [-0.3, -0.25) is 4.79 Å². The zero-order chi connectivity index (χ0) is 39.1. The van der Waals surface area contributed by atoms with Crippen LogP contribution in [0.2, 0.25) is 0 Å². The standard InChI is InChI=1S/C43H49F2N7O4/c1-3-38(30(2)56-37-7-5-4-6-8-37)41(46)42(53)49-33-10-12-34(13-11-33)50-19-21-51(22-20-50)35-14-16-36(17-15-35)54-25-31-24-43(55-26-31,27-52-29-47-28-48-52)39-18-9-32(44)23-40(39)45/h4-18,23,28-31,38,41H,3,19-22,24-27,46H2,1-2H3,(H,49,53)/t30-,31-,38?,41+,43+/m1/s1. The third kappa shape index (κ3) is 9.11. The van der Waals surface area contributed by atoms with Crippen LogP contribution in [0, 0.1) is 23.5 Å². The summed E-state index contributed by atoms with van der Waals surface area (Å²) in [5, 5.41) is 7.18. The molecule has 11 nitrogen and oxygen atoms in total. The summed E-state index contributed by atoms with van der Waals surface area (Å²) in [6.07, 6.45) is 3.94. The second kappa shape index (κ2) is 17.5. The first-order valence-electron chi connectivity index (χ1n) is 19.2. The molecule has 294 valence electrons. The molecule has 2 aliphatic rings. The number of nitrogens with zero attached hydrogens (tertiary/aromatic N) is 5. The smallest absolute Gasteiger partial charge is 0.241 e. The molecule has 2 aliphatic heterocycles. The number of nitrogens with one attached hydrogen (secondary N) is 1. The van der Waals surface area contributed by atoms with Crippen molar-refractivity contribution in [2.75, 3.05) is 54.5 Å². The number of halogens is 2. The zero-order valence-electron chi connectivity index (χ0n) is 31.8. The van der Waals surface area contributed by atoms with Crippen LogP contribution in [0.3, 0.4) is 0 Å². The van der Waals surface area contributed by atoms with Gasteiger partial charge in [0.1, 0.15) is 47.5 Å². The van der Waals surface area contributed by atoms with E-state index in [1.807, 2.05) is 80.6 Å². The van der Waals surface area contributed by atoms with Crippen LogP contribution < -0.4 is 30.3 Å². The van der Waals surface area contributed by atoms with E-state index in [9.17, 15) is 13.6 Å². The molecule has 5 aromatic rings. The molecule has 13 heteroatoms. The molecule has 7 rings (SSSR count). The fourth-order valence-electron chi connectivity index (χ4n) is 7.83. The molecule has 5 atom stereocenters. The molecular formula is C43H49F2N7O4. The van der Waals surface area contributed by atoms with Gasteiger partial charge in [0.05, 0.1) is 25.8 Å². The van der Waals surface area contributed by atoms with Gasteiger partial charge in [0.2, 0.25) is 5.91 Å². The molecule has 3 heterocycles. The van der Waals surface area contributed by atoms with E-state index in [1.165, 1.54) is 18.5 Å². The molecule has 1 amide bonds. The average Bonchev–Trinajstić information content (AvgIpc) is 3.89. The minimum Gasteiger partial charge on any atom is -0.493 e. The van der Waals surface area contributed by atoms with E-state index in [0.29, 0.717) is 37.3 Å². The number of piperazine rings is 1. The van der Waals surface area contributed by atoms with Crippen LogP contribution in [0.15, 0.2) is 110 Å². The Kier molecular flexibility index (Phi) is 12.1. The fourth-order valence-corrected chi connectivity index (χ4v) is 7.83. The minimum atomic E-state index is -1.02. The van der Waals surface area contributed by atoms with Gasteiger partial charge in [-0.25, -0.2) is 18.4 Å². The maximum Gasteiger partial charge on any atom is 0.241 e. The predicted molar refractivity (Wildman–Crippen MR) is 212 cm³/mol. The van der Waals surface area contributed by atoms with Crippen molar-refractivity contribution in [2.45, 2.75) is 51.0 Å². The van der Waals surface area contributed by atoms with Crippen LogP contribution in [-0.2, 0) is 21.7 Å². The Balaban J connectivity index is 0.873. The highest BCUT2D eigenvalue weighted by atomic mass is 19.1. The summed E-state index contributed by atoms with van der Waals surface area (Å²) in [5.41, 5.74) is 8.63. The number of hydrogen-bond acceptors (Lipinski definition) is 9. The number of amides is 1. The first-order chi connectivity index (χ1) is 27.2. The molecule has 1 aromatic heterocycles. The van der Waals surface area contributed by atoms with Crippen molar-refractivity contribution < 1.29 is 27.8 Å². The van der Waals surface area contributed by atoms with E-state index >= 15 is 0 Å². The van der Waals surface area contributed by atoms with Crippen molar-refractivity contribution in [3.05, 3.63) is 127 Å². The SMILES string of the molecule is CCC([C@H](N)C(=O)Nc1ccc(N2CCN(c3ccc(OC[C@@H]4CO[C@@](Cn5cncn5)(c5ccc(F)cc5F)C4)cc3)CC2)cc1)[C@@H](C)Oc1ccccc1. The molecule has 0 radical (unpaired) electrons. The van der Waals surface area contributed by atoms with E-state index in [-0.39, 0.29) is 30.4 Å². The average molecular weight is 766 g/mol. The van der Waals surface area contributed by atoms with Gasteiger partial charge < -0.3 is 35.1 Å². The van der Waals surface area contributed by atoms with Crippen molar-refractivity contribution in [2.24, 2.45) is 17.6 Å². The number of rotatable bonds is 15. The number of carbonyl (C=O) groups excluding carboxylic acids is 1. The Morgan fingerprint density at radius 1 is 0.946 bits per heavy atom. The van der Waals surface area contributed by atoms with Crippen molar-refractivity contribution >= 4 is 23.0 Å². The second-order valence-electron chi connectivity index (χ2n) is 14.6. The lowest BCUT2D eigenvalue weighted by Crippen LogP contribution is -2.47. The normalized spacial score (nSPS) is 20.0. The molecule has 2 saturated heterocycles. The molecule has 56 heavy (non-hydrogen) atoms. The van der Waals surface area contributed by atoms with Crippen LogP contribution in [-0.4, -0.2) is 72.2 Å². The van der Waals surface area contributed by atoms with E-state index in [4.69, 9.17) is 19.9 Å². The Bertz CT molecular complexity index is 2010. The van der Waals surface area contributed by atoms with Gasteiger partial charge in [0, 0.05) is 66.7 Å². The number of hydrogen-bond donors (Lipinski definition) is 2. The first kappa shape index (κ1) is 38.7. The maximum atomic E-state index is 15.0. The largest absolute Gasteiger partial charge is 0.493 e. The van der Waals surface area contributed by atoms with Gasteiger partial charge in [-0.1, -0.05) is 31.2 Å². The van der Waals surface area contributed by atoms with Crippen molar-refractivity contribution in [1.29, 1.82) is 0 Å². The van der Waals surface area contributed by atoms with Crippen LogP contribution in [0.25, 0.3) is 0 Å². The van der Waals surface area contributed by atoms with Gasteiger partial charge in [-0.15, -0.1) is 0 Å². The maximum absolute atomic E-state index is 15.0. The minimum absolute atomic E-state index is 0.0128. The number of carbonyl (C=O) groups is 1. The molecule has 1 unspecified atom stereocenters. The number of ether oxygens (including phenoxy) is 3. The summed E-state index contributed by atoms with van der Waals surface area (Å²) in [5.74, 6) is -0.183. The zero-order valence-corrected chi connectivity index (χ0v) is 31.8. The van der Waals surface area contributed by atoms with Crippen molar-refractivity contribution in [3.63, 3.8) is 0 Å². The van der Waals surface area contributed by atoms with Gasteiger partial charge in [-0.2, -0.15) is 5.10 Å². The summed E-state index contributed by atoms with van der Waals surface area (Å²) in [4.78, 5) is 21.8. The number of aromatic nitrogens is 3. The van der Waals surface area contributed by atoms with Crippen LogP contribution in [0.4, 0.5) is 25.8 Å². The van der Waals surface area contributed by atoms with Crippen LogP contribution >= 0.6 is 0 Å². The third-order valence-corrected chi connectivity index (χ3v) is 10.9. The van der Waals surface area contributed by atoms with Gasteiger partial charge in [-0.05, 0) is 86.5 Å². The van der Waals surface area contributed by atoms with Crippen LogP contribution in [0.5, 0.6) is 11.5 Å². The highest BCUT2D eigenvalue weighted by Crippen LogP contribution is 2.42. The Labute approximate surface area is 326 Å². The lowest BCUT2D eigenvalue weighted by atomic mass is 9.87. The fraction of sp³-hybridized carbons (Fsp3) is 0.372. The summed E-state index contributed by atoms with van der Waals surface area (Å²) < 4.78 is 48.9. The molecule has 0 bridgehead atoms. The Morgan fingerprint density at radius 3 is 2.25 bits per heavy atom. The summed E-state index contributed by atoms with van der Waals surface area (Å²) in [7, 11) is 0. The van der Waals surface area contributed by atoms with Gasteiger partial charge in [0.25, 0.3) is 0 Å². The number of benzene rings is 4. The lowest BCUT2D eigenvalue weighted by molar-refractivity contribution is -0.119. The predicted octanol–water partition coefficient (Wildman–Crippen LogP) is 6.65. The first-order valence-corrected chi connectivity index (χ1v) is 19.2. The van der Waals surface area contributed by atoms with Crippen molar-refractivity contribution in [3.8, 4) is 11.5 Å². The van der Waals surface area contributed by atoms with Crippen molar-refractivity contribution in [1.82, 2.24) is 14.8 Å². The molecule has 0 aliphatic carbocycles. The molecule has 4 aromatic carbocycles. The highest BCUT2D eigenvalue weighted by Gasteiger charge is 2.44. The number of para-hydroxylation sites is 1. The van der Waals surface area contributed by atoms with E-state index < -0.39 is 23.3 Å². The molecule has 0 saturated carbocycles. The number of nitrogens with two attached hydrogens (primary N) is 1. The Morgan fingerprint density at radius 2 is 1.62 bits per heavy atom. The third-order valence-electron chi connectivity index (χ3n) is 10.9. The monoisotopic (exact) mass is 765 g/mol. The second-order valence-corrected chi connectivity index (χ2v) is 14.6. The lowest BCUT2D eigenvalue weighted by Gasteiger charge is -2.37. The quantitative estimate of drug-likeness (QED) is 0.121. The molecule has 0 spiro atoms. The summed E-state index contributed by atoms with van der Waals surface area (Å²) >= 11 is 0. The Hall–Kier alpha value is -5.53. The van der Waals surface area contributed by atoms with E-state index in [2.05, 4.69) is 37.3 Å². The highest BCUT2D eigenvalue weighted by molar-refractivity contribution is 5.95. The van der Waals surface area contributed by atoms with Gasteiger partial charge >= 0.3 is 0 Å². The van der Waals surface area contributed by atoms with E-state index in [0.717, 1.165) is 55.1 Å². The molecule has 3 N–H and O–H groups in total.